The lowest BCUT2D eigenvalue weighted by Crippen LogP contribution is -2.62. The molecule has 0 aromatic heterocycles. The Morgan fingerprint density at radius 2 is 1.58 bits per heavy atom. The van der Waals surface area contributed by atoms with Crippen molar-refractivity contribution in [3.8, 4) is 11.8 Å². The van der Waals surface area contributed by atoms with E-state index in [2.05, 4.69) is 17.2 Å². The third-order valence-electron chi connectivity index (χ3n) is 4.64. The topological polar surface area (TPSA) is 105 Å². The zero-order chi connectivity index (χ0) is 23.0. The molecule has 2 amide bonds. The van der Waals surface area contributed by atoms with Gasteiger partial charge in [-0.2, -0.15) is 0 Å². The van der Waals surface area contributed by atoms with Crippen molar-refractivity contribution in [2.75, 3.05) is 7.11 Å². The molecule has 0 aliphatic carbocycles. The fourth-order valence-corrected chi connectivity index (χ4v) is 2.58. The zero-order valence-electron chi connectivity index (χ0n) is 16.7. The molecule has 162 valence electrons. The van der Waals surface area contributed by atoms with Gasteiger partial charge in [0, 0.05) is 29.4 Å². The Kier molecular flexibility index (Phi) is 7.96. The molecular weight excluding hydrogens is 410 g/mol. The summed E-state index contributed by atoms with van der Waals surface area (Å²) in [5, 5.41) is 11.0. The Bertz CT molecular complexity index is 997. The lowest BCUT2D eigenvalue weighted by molar-refractivity contribution is -0.157. The third-order valence-corrected chi connectivity index (χ3v) is 4.64. The molecule has 31 heavy (non-hydrogen) atoms. The molecule has 0 heterocycles. The van der Waals surface area contributed by atoms with Gasteiger partial charge < -0.3 is 10.1 Å². The molecule has 0 saturated heterocycles. The van der Waals surface area contributed by atoms with Gasteiger partial charge >= 0.3 is 0 Å². The first kappa shape index (κ1) is 23.7. The lowest BCUT2D eigenvalue weighted by Gasteiger charge is -2.34. The van der Waals surface area contributed by atoms with Crippen LogP contribution in [0.1, 0.15) is 38.8 Å². The van der Waals surface area contributed by atoms with Crippen molar-refractivity contribution < 1.29 is 33.1 Å². The largest absolute Gasteiger partial charge is 0.370 e. The number of aldehydes is 1. The predicted molar refractivity (Wildman–Crippen MR) is 107 cm³/mol. The van der Waals surface area contributed by atoms with Crippen LogP contribution < -0.4 is 10.8 Å². The quantitative estimate of drug-likeness (QED) is 0.270. The van der Waals surface area contributed by atoms with Gasteiger partial charge in [-0.1, -0.05) is 24.0 Å². The van der Waals surface area contributed by atoms with Crippen molar-refractivity contribution in [3.05, 3.63) is 70.8 Å². The zero-order valence-corrected chi connectivity index (χ0v) is 16.7. The number of carbonyl (C=O) groups is 3. The van der Waals surface area contributed by atoms with Crippen LogP contribution in [0.15, 0.2) is 48.5 Å². The monoisotopic (exact) mass is 430 g/mol. The van der Waals surface area contributed by atoms with Crippen LogP contribution in [0.4, 0.5) is 8.78 Å². The number of nitrogens with one attached hydrogen (secondary N) is 2. The predicted octanol–water partition coefficient (Wildman–Crippen LogP) is 2.17. The highest BCUT2D eigenvalue weighted by Gasteiger charge is 2.48. The van der Waals surface area contributed by atoms with Gasteiger partial charge in [0.05, 0.1) is 0 Å². The van der Waals surface area contributed by atoms with E-state index in [4.69, 9.17) is 9.94 Å². The molecule has 7 nitrogen and oxygen atoms in total. The number of hydroxylamine groups is 1. The molecule has 2 aromatic carbocycles. The maximum absolute atomic E-state index is 13.4. The number of methoxy groups -OCH3 is 1. The summed E-state index contributed by atoms with van der Waals surface area (Å²) in [7, 11) is 0.968. The van der Waals surface area contributed by atoms with Crippen LogP contribution in [0.3, 0.4) is 0 Å². The number of hydrogen-bond donors (Lipinski definition) is 3. The van der Waals surface area contributed by atoms with E-state index in [0.29, 0.717) is 16.7 Å². The number of amides is 2. The van der Waals surface area contributed by atoms with Gasteiger partial charge in [-0.15, -0.1) is 0 Å². The lowest BCUT2D eigenvalue weighted by atomic mass is 9.95. The third kappa shape index (κ3) is 5.72. The smallest absolute Gasteiger partial charge is 0.269 e. The van der Waals surface area contributed by atoms with E-state index in [9.17, 15) is 23.2 Å². The van der Waals surface area contributed by atoms with E-state index >= 15 is 0 Å². The van der Waals surface area contributed by atoms with E-state index in [-0.39, 0.29) is 5.56 Å². The maximum atomic E-state index is 13.4. The first-order chi connectivity index (χ1) is 14.7. The Morgan fingerprint density at radius 3 is 2.00 bits per heavy atom. The van der Waals surface area contributed by atoms with Crippen molar-refractivity contribution >= 4 is 18.1 Å². The number of carbonyl (C=O) groups excluding carboxylic acids is 3. The molecule has 3 N–H and O–H groups in total. The van der Waals surface area contributed by atoms with E-state index in [1.165, 1.54) is 17.6 Å². The van der Waals surface area contributed by atoms with Crippen molar-refractivity contribution in [1.82, 2.24) is 10.8 Å². The number of rotatable bonds is 7. The summed E-state index contributed by atoms with van der Waals surface area (Å²) in [6.07, 6.45) is -2.40. The summed E-state index contributed by atoms with van der Waals surface area (Å²) in [6.45, 7) is 0.943. The van der Waals surface area contributed by atoms with Crippen LogP contribution in [0.2, 0.25) is 0 Å². The molecule has 0 bridgehead atoms. The Morgan fingerprint density at radius 1 is 1.06 bits per heavy atom. The average molecular weight is 430 g/mol. The molecule has 9 heteroatoms. The number of halogens is 2. The molecule has 2 rings (SSSR count). The second-order valence-corrected chi connectivity index (χ2v) is 6.64. The van der Waals surface area contributed by atoms with E-state index in [1.54, 1.807) is 36.4 Å². The number of ether oxygens (including phenoxy) is 1. The van der Waals surface area contributed by atoms with Crippen molar-refractivity contribution in [1.29, 1.82) is 0 Å². The van der Waals surface area contributed by atoms with Gasteiger partial charge in [-0.05, 0) is 43.3 Å². The molecular formula is C22H20F2N2O5. The van der Waals surface area contributed by atoms with Crippen LogP contribution >= 0.6 is 0 Å². The summed E-state index contributed by atoms with van der Waals surface area (Å²) in [6, 6.07) is 10.7. The molecule has 0 fully saturated rings. The van der Waals surface area contributed by atoms with Crippen LogP contribution in [0.25, 0.3) is 0 Å². The van der Waals surface area contributed by atoms with Crippen molar-refractivity contribution in [2.24, 2.45) is 0 Å². The average Bonchev–Trinajstić information content (AvgIpc) is 2.80. The minimum Gasteiger partial charge on any atom is -0.370 e. The summed E-state index contributed by atoms with van der Waals surface area (Å²) < 4.78 is 31.6. The molecule has 2 atom stereocenters. The molecule has 0 aliphatic rings. The number of benzene rings is 2. The van der Waals surface area contributed by atoms with Crippen LogP contribution in [0, 0.1) is 11.8 Å². The summed E-state index contributed by atoms with van der Waals surface area (Å²) >= 11 is 0. The summed E-state index contributed by atoms with van der Waals surface area (Å²) in [5.74, 6) is 3.74. The van der Waals surface area contributed by atoms with Crippen molar-refractivity contribution in [2.45, 2.75) is 25.0 Å². The minimum atomic E-state index is -3.13. The Hall–Kier alpha value is -3.61. The number of alkyl halides is 2. The van der Waals surface area contributed by atoms with Crippen LogP contribution in [0.5, 0.6) is 0 Å². The second-order valence-electron chi connectivity index (χ2n) is 6.64. The molecule has 0 saturated carbocycles. The molecule has 2 aromatic rings. The van der Waals surface area contributed by atoms with E-state index < -0.39 is 29.9 Å². The highest BCUT2D eigenvalue weighted by molar-refractivity contribution is 5.98. The van der Waals surface area contributed by atoms with Gasteiger partial charge in [0.25, 0.3) is 18.2 Å². The van der Waals surface area contributed by atoms with Gasteiger partial charge in [0.1, 0.15) is 12.3 Å². The molecule has 0 radical (unpaired) electrons. The van der Waals surface area contributed by atoms with Gasteiger partial charge in [-0.25, -0.2) is 14.3 Å². The standard InChI is InChI=1S/C22H20F2N2O5/c1-22(31-2,21(23)24)18(20(29)26-30)25-19(28)17-11-9-15(10-12-17)4-3-14-5-7-16(13-27)8-6-14/h5-13,18,21,30H,1-2H3,(H,25,28)(H,26,29)/t18-,22?/m1/s1. The van der Waals surface area contributed by atoms with E-state index in [0.717, 1.165) is 20.3 Å². The normalized spacial score (nSPS) is 13.4. The first-order valence-electron chi connectivity index (χ1n) is 9.00. The Balaban J connectivity index is 2.17. The molecule has 1 unspecified atom stereocenters. The Labute approximate surface area is 177 Å². The molecule has 0 aliphatic heterocycles. The number of hydrogen-bond acceptors (Lipinski definition) is 5. The highest BCUT2D eigenvalue weighted by Crippen LogP contribution is 2.24. The fourth-order valence-electron chi connectivity index (χ4n) is 2.58. The second kappa shape index (κ2) is 10.4. The van der Waals surface area contributed by atoms with Gasteiger partial charge in [-0.3, -0.25) is 19.6 Å². The van der Waals surface area contributed by atoms with Crippen LogP contribution in [-0.4, -0.2) is 48.5 Å². The fraction of sp³-hybridized carbons (Fsp3) is 0.227. The SMILES string of the molecule is COC(C)(C(F)F)[C@H](NC(=O)c1ccc(C#Cc2ccc(C=O)cc2)cc1)C(=O)NO. The first-order valence-corrected chi connectivity index (χ1v) is 9.00. The summed E-state index contributed by atoms with van der Waals surface area (Å²) in [5.41, 5.74) is 0.783. The highest BCUT2D eigenvalue weighted by atomic mass is 19.3. The summed E-state index contributed by atoms with van der Waals surface area (Å²) in [4.78, 5) is 35.0. The van der Waals surface area contributed by atoms with E-state index in [1.807, 2.05) is 0 Å². The minimum absolute atomic E-state index is 0.0874. The maximum Gasteiger partial charge on any atom is 0.269 e. The van der Waals surface area contributed by atoms with Crippen LogP contribution in [-0.2, 0) is 9.53 Å². The van der Waals surface area contributed by atoms with Crippen molar-refractivity contribution in [3.63, 3.8) is 0 Å². The van der Waals surface area contributed by atoms with Gasteiger partial charge in [0.15, 0.2) is 5.60 Å². The molecule has 0 spiro atoms. The van der Waals surface area contributed by atoms with Gasteiger partial charge in [0.2, 0.25) is 0 Å².